The molecule has 0 amide bonds. The fraction of sp³-hybridized carbons (Fsp3) is 0.400. The van der Waals surface area contributed by atoms with Crippen molar-refractivity contribution < 1.29 is 4.84 Å². The zero-order chi connectivity index (χ0) is 13.4. The molecule has 0 fully saturated rings. The Hall–Kier alpha value is -1.35. The third kappa shape index (κ3) is 5.82. The van der Waals surface area contributed by atoms with E-state index in [4.69, 9.17) is 17.1 Å². The third-order valence-electron chi connectivity index (χ3n) is 2.53. The number of aromatic nitrogens is 1. The lowest BCUT2D eigenvalue weighted by Crippen LogP contribution is -2.12. The number of allylic oxidation sites excluding steroid dienone is 3. The lowest BCUT2D eigenvalue weighted by Gasteiger charge is -2.07. The Morgan fingerprint density at radius 2 is 2.06 bits per heavy atom. The van der Waals surface area contributed by atoms with Crippen molar-refractivity contribution in [1.82, 2.24) is 4.73 Å². The van der Waals surface area contributed by atoms with E-state index in [1.807, 2.05) is 24.4 Å². The summed E-state index contributed by atoms with van der Waals surface area (Å²) in [5.41, 5.74) is 2.71. The Kier molecular flexibility index (Phi) is 6.44. The SMILES string of the molecule is CC(C)=CCC/C(C)=C/COn1ccccc1=S. The quantitative estimate of drug-likeness (QED) is 0.560. The molecular formula is C15H21NOS. The monoisotopic (exact) mass is 263 g/mol. The fourth-order valence-electron chi connectivity index (χ4n) is 1.47. The molecule has 0 radical (unpaired) electrons. The molecule has 2 nitrogen and oxygen atoms in total. The highest BCUT2D eigenvalue weighted by Crippen LogP contribution is 2.06. The molecule has 0 saturated carbocycles. The topological polar surface area (TPSA) is 14.2 Å². The second-order valence-corrected chi connectivity index (χ2v) is 4.95. The molecule has 1 rings (SSSR count). The van der Waals surface area contributed by atoms with Crippen LogP contribution in [0.5, 0.6) is 0 Å². The van der Waals surface area contributed by atoms with Crippen molar-refractivity contribution in [3.8, 4) is 0 Å². The summed E-state index contributed by atoms with van der Waals surface area (Å²) in [6.45, 7) is 6.93. The molecule has 0 aromatic carbocycles. The number of hydrogen-bond donors (Lipinski definition) is 0. The molecule has 98 valence electrons. The molecule has 0 spiro atoms. The van der Waals surface area contributed by atoms with Gasteiger partial charge in [-0.15, -0.1) is 0 Å². The van der Waals surface area contributed by atoms with Gasteiger partial charge < -0.3 is 4.84 Å². The molecule has 3 heteroatoms. The molecule has 0 aliphatic rings. The van der Waals surface area contributed by atoms with E-state index >= 15 is 0 Å². The van der Waals surface area contributed by atoms with Gasteiger partial charge in [0.2, 0.25) is 0 Å². The van der Waals surface area contributed by atoms with E-state index in [0.29, 0.717) is 11.2 Å². The van der Waals surface area contributed by atoms with Gasteiger partial charge in [-0.05, 0) is 51.8 Å². The van der Waals surface area contributed by atoms with Crippen molar-refractivity contribution in [3.05, 3.63) is 52.3 Å². The van der Waals surface area contributed by atoms with Gasteiger partial charge in [-0.2, -0.15) is 4.73 Å². The molecule has 0 N–H and O–H groups in total. The molecule has 0 atom stereocenters. The summed E-state index contributed by atoms with van der Waals surface area (Å²) in [6.07, 6.45) is 8.36. The van der Waals surface area contributed by atoms with Crippen LogP contribution in [0.1, 0.15) is 33.6 Å². The Morgan fingerprint density at radius 3 is 2.72 bits per heavy atom. The van der Waals surface area contributed by atoms with Crippen LogP contribution in [0.15, 0.2) is 47.7 Å². The minimum Gasteiger partial charge on any atom is -0.409 e. The van der Waals surface area contributed by atoms with Gasteiger partial charge in [-0.3, -0.25) is 0 Å². The largest absolute Gasteiger partial charge is 0.409 e. The van der Waals surface area contributed by atoms with Gasteiger partial charge in [-0.1, -0.05) is 35.5 Å². The van der Waals surface area contributed by atoms with Crippen LogP contribution in [0.3, 0.4) is 0 Å². The molecule has 0 saturated heterocycles. The van der Waals surface area contributed by atoms with E-state index in [0.717, 1.165) is 12.8 Å². The van der Waals surface area contributed by atoms with Crippen LogP contribution in [0.4, 0.5) is 0 Å². The lowest BCUT2D eigenvalue weighted by atomic mass is 10.1. The van der Waals surface area contributed by atoms with Gasteiger partial charge >= 0.3 is 0 Å². The first kappa shape index (κ1) is 14.7. The molecule has 18 heavy (non-hydrogen) atoms. The van der Waals surface area contributed by atoms with E-state index in [1.165, 1.54) is 11.1 Å². The summed E-state index contributed by atoms with van der Waals surface area (Å²) >= 11 is 5.14. The van der Waals surface area contributed by atoms with Crippen LogP contribution in [-0.4, -0.2) is 11.3 Å². The predicted octanol–water partition coefficient (Wildman–Crippen LogP) is 4.34. The fourth-order valence-corrected chi connectivity index (χ4v) is 1.66. The van der Waals surface area contributed by atoms with Crippen molar-refractivity contribution in [2.75, 3.05) is 6.61 Å². The number of rotatable bonds is 6. The van der Waals surface area contributed by atoms with E-state index < -0.39 is 0 Å². The minimum absolute atomic E-state index is 0.555. The van der Waals surface area contributed by atoms with E-state index in [9.17, 15) is 0 Å². The maximum atomic E-state index is 5.56. The Morgan fingerprint density at radius 1 is 1.28 bits per heavy atom. The van der Waals surface area contributed by atoms with Crippen LogP contribution >= 0.6 is 12.2 Å². The smallest absolute Gasteiger partial charge is 0.142 e. The average molecular weight is 263 g/mol. The molecule has 0 unspecified atom stereocenters. The molecule has 0 bridgehead atoms. The summed E-state index contributed by atoms with van der Waals surface area (Å²) < 4.78 is 2.31. The van der Waals surface area contributed by atoms with E-state index in [1.54, 1.807) is 4.73 Å². The van der Waals surface area contributed by atoms with Crippen molar-refractivity contribution in [2.24, 2.45) is 0 Å². The molecule has 1 aromatic rings. The van der Waals surface area contributed by atoms with Crippen LogP contribution in [-0.2, 0) is 0 Å². The second-order valence-electron chi connectivity index (χ2n) is 4.53. The summed E-state index contributed by atoms with van der Waals surface area (Å²) in [5.74, 6) is 0. The maximum Gasteiger partial charge on any atom is 0.142 e. The zero-order valence-corrected chi connectivity index (χ0v) is 12.2. The molecule has 0 aliphatic carbocycles. The van der Waals surface area contributed by atoms with Gasteiger partial charge in [0.1, 0.15) is 11.2 Å². The van der Waals surface area contributed by atoms with Crippen LogP contribution in [0.2, 0.25) is 0 Å². The maximum absolute atomic E-state index is 5.56. The zero-order valence-electron chi connectivity index (χ0n) is 11.3. The standard InChI is InChI=1S/C15H21NOS/c1-13(2)7-6-8-14(3)10-12-17-16-11-5-4-9-15(16)18/h4-5,7,9-11H,6,8,12H2,1-3H3/b14-10+. The number of pyridine rings is 1. The minimum atomic E-state index is 0.555. The summed E-state index contributed by atoms with van der Waals surface area (Å²) in [6, 6.07) is 5.66. The summed E-state index contributed by atoms with van der Waals surface area (Å²) in [4.78, 5) is 5.56. The first-order valence-corrected chi connectivity index (χ1v) is 6.60. The lowest BCUT2D eigenvalue weighted by molar-refractivity contribution is 0.130. The normalized spacial score (nSPS) is 11.2. The van der Waals surface area contributed by atoms with Gasteiger partial charge in [0.25, 0.3) is 0 Å². The Labute approximate surface area is 115 Å². The van der Waals surface area contributed by atoms with Crippen molar-refractivity contribution in [1.29, 1.82) is 0 Å². The van der Waals surface area contributed by atoms with Gasteiger partial charge in [0.05, 0.1) is 0 Å². The molecule has 1 heterocycles. The van der Waals surface area contributed by atoms with Crippen LogP contribution in [0, 0.1) is 4.64 Å². The van der Waals surface area contributed by atoms with Gasteiger partial charge in [0.15, 0.2) is 0 Å². The highest BCUT2D eigenvalue weighted by atomic mass is 32.1. The highest BCUT2D eigenvalue weighted by Gasteiger charge is 1.91. The van der Waals surface area contributed by atoms with Crippen molar-refractivity contribution in [2.45, 2.75) is 33.6 Å². The second kappa shape index (κ2) is 7.88. The average Bonchev–Trinajstić information content (AvgIpc) is 2.31. The van der Waals surface area contributed by atoms with Gasteiger partial charge in [0, 0.05) is 6.20 Å². The summed E-state index contributed by atoms with van der Waals surface area (Å²) in [5, 5.41) is 0. The van der Waals surface area contributed by atoms with Crippen molar-refractivity contribution in [3.63, 3.8) is 0 Å². The first-order valence-electron chi connectivity index (χ1n) is 6.19. The molecule has 1 aromatic heterocycles. The molecular weight excluding hydrogens is 242 g/mol. The Balaban J connectivity index is 2.38. The van der Waals surface area contributed by atoms with Crippen LogP contribution in [0.25, 0.3) is 0 Å². The predicted molar refractivity (Wildman–Crippen MR) is 79.1 cm³/mol. The van der Waals surface area contributed by atoms with Crippen molar-refractivity contribution >= 4 is 12.2 Å². The number of hydrogen-bond acceptors (Lipinski definition) is 2. The van der Waals surface area contributed by atoms with E-state index in [2.05, 4.69) is 32.9 Å². The van der Waals surface area contributed by atoms with Crippen LogP contribution < -0.4 is 4.84 Å². The highest BCUT2D eigenvalue weighted by molar-refractivity contribution is 7.71. The first-order chi connectivity index (χ1) is 8.59. The molecule has 0 aliphatic heterocycles. The Bertz CT molecular complexity index is 481. The third-order valence-corrected chi connectivity index (χ3v) is 2.84. The van der Waals surface area contributed by atoms with E-state index in [-0.39, 0.29) is 0 Å². The summed E-state index contributed by atoms with van der Waals surface area (Å²) in [7, 11) is 0. The van der Waals surface area contributed by atoms with Gasteiger partial charge in [-0.25, -0.2) is 0 Å². The number of nitrogens with zero attached hydrogens (tertiary/aromatic N) is 1.